The van der Waals surface area contributed by atoms with Crippen molar-refractivity contribution in [2.24, 2.45) is 13.0 Å². The summed E-state index contributed by atoms with van der Waals surface area (Å²) < 4.78 is 7.14. The average molecular weight is 494 g/mol. The summed E-state index contributed by atoms with van der Waals surface area (Å²) in [5.74, 6) is -0.152. The Morgan fingerprint density at radius 3 is 2.54 bits per heavy atom. The van der Waals surface area contributed by atoms with Crippen molar-refractivity contribution in [1.82, 2.24) is 9.88 Å². The summed E-state index contributed by atoms with van der Waals surface area (Å²) in [6, 6.07) is 13.8. The maximum absolute atomic E-state index is 13.7. The van der Waals surface area contributed by atoms with Crippen LogP contribution in [0.2, 0.25) is 0 Å². The van der Waals surface area contributed by atoms with Gasteiger partial charge < -0.3 is 14.6 Å². The van der Waals surface area contributed by atoms with E-state index in [1.54, 1.807) is 36.1 Å². The molecule has 3 aromatic rings. The predicted molar refractivity (Wildman–Crippen MR) is 139 cm³/mol. The van der Waals surface area contributed by atoms with Gasteiger partial charge in [0, 0.05) is 35.7 Å². The van der Waals surface area contributed by atoms with Gasteiger partial charge in [-0.3, -0.25) is 14.5 Å². The largest absolute Gasteiger partial charge is 0.462 e. The third kappa shape index (κ3) is 4.93. The fraction of sp³-hybridized carbons (Fsp3) is 0.370. The Labute approximate surface area is 209 Å². The van der Waals surface area contributed by atoms with Gasteiger partial charge in [-0.15, -0.1) is 0 Å². The molecule has 0 aliphatic carbocycles. The number of nitrogens with one attached hydrogen (secondary N) is 1. The lowest BCUT2D eigenvalue weighted by Gasteiger charge is -2.30. The molecule has 1 aliphatic heterocycles. The highest BCUT2D eigenvalue weighted by Gasteiger charge is 2.39. The molecule has 0 bridgehead atoms. The van der Waals surface area contributed by atoms with Crippen molar-refractivity contribution in [3.8, 4) is 0 Å². The number of anilines is 1. The number of rotatable bonds is 7. The van der Waals surface area contributed by atoms with Gasteiger partial charge in [-0.2, -0.15) is 0 Å². The van der Waals surface area contributed by atoms with E-state index < -0.39 is 12.0 Å². The van der Waals surface area contributed by atoms with E-state index in [1.807, 2.05) is 31.3 Å². The Morgan fingerprint density at radius 2 is 1.86 bits per heavy atom. The van der Waals surface area contributed by atoms with Crippen LogP contribution in [0.15, 0.2) is 53.6 Å². The smallest absolute Gasteiger partial charge is 0.338 e. The molecule has 2 heterocycles. The number of hydrogen-bond acceptors (Lipinski definition) is 5. The number of thioether (sulfide) groups is 1. The number of carbonyl (C=O) groups is 3. The van der Waals surface area contributed by atoms with Crippen LogP contribution in [0.3, 0.4) is 0 Å². The topological polar surface area (TPSA) is 80.6 Å². The second-order valence-corrected chi connectivity index (χ2v) is 9.95. The maximum Gasteiger partial charge on any atom is 0.338 e. The fourth-order valence-corrected chi connectivity index (χ4v) is 5.47. The molecule has 0 radical (unpaired) electrons. The van der Waals surface area contributed by atoms with Gasteiger partial charge in [0.15, 0.2) is 0 Å². The van der Waals surface area contributed by atoms with E-state index in [4.69, 9.17) is 4.74 Å². The first-order valence-electron chi connectivity index (χ1n) is 11.9. The van der Waals surface area contributed by atoms with Crippen LogP contribution in [0, 0.1) is 5.92 Å². The highest BCUT2D eigenvalue weighted by Crippen LogP contribution is 2.43. The van der Waals surface area contributed by atoms with Crippen molar-refractivity contribution in [3.05, 3.63) is 59.7 Å². The fourth-order valence-electron chi connectivity index (χ4n) is 4.41. The summed E-state index contributed by atoms with van der Waals surface area (Å²) in [6.45, 7) is 6.79. The summed E-state index contributed by atoms with van der Waals surface area (Å²) >= 11 is 1.45. The lowest BCUT2D eigenvalue weighted by Crippen LogP contribution is -2.44. The average Bonchev–Trinajstić information content (AvgIpc) is 3.01. The molecule has 0 saturated heterocycles. The van der Waals surface area contributed by atoms with Crippen molar-refractivity contribution in [2.75, 3.05) is 23.8 Å². The highest BCUT2D eigenvalue weighted by molar-refractivity contribution is 8.00. The van der Waals surface area contributed by atoms with Crippen molar-refractivity contribution in [1.29, 1.82) is 0 Å². The predicted octanol–water partition coefficient (Wildman–Crippen LogP) is 4.70. The molecular formula is C27H31N3O4S. The number of hydrogen-bond donors (Lipinski definition) is 1. The Kier molecular flexibility index (Phi) is 7.50. The normalized spacial score (nSPS) is 15.7. The molecule has 0 unspecified atom stereocenters. The van der Waals surface area contributed by atoms with Gasteiger partial charge in [0.05, 0.1) is 22.9 Å². The number of aryl methyl sites for hydroxylation is 1. The van der Waals surface area contributed by atoms with E-state index in [0.29, 0.717) is 23.7 Å². The second kappa shape index (κ2) is 10.6. The van der Waals surface area contributed by atoms with Gasteiger partial charge in [-0.1, -0.05) is 43.8 Å². The molecule has 184 valence electrons. The Hall–Kier alpha value is -3.26. The lowest BCUT2D eigenvalue weighted by molar-refractivity contribution is -0.125. The zero-order chi connectivity index (χ0) is 25.1. The zero-order valence-electron chi connectivity index (χ0n) is 20.5. The minimum absolute atomic E-state index is 0.164. The van der Waals surface area contributed by atoms with Gasteiger partial charge in [-0.25, -0.2) is 4.79 Å². The van der Waals surface area contributed by atoms with E-state index in [0.717, 1.165) is 27.9 Å². The Balaban J connectivity index is 1.82. The van der Waals surface area contributed by atoms with Gasteiger partial charge in [0.1, 0.15) is 6.04 Å². The number of amides is 2. The summed E-state index contributed by atoms with van der Waals surface area (Å²) in [4.78, 5) is 40.9. The van der Waals surface area contributed by atoms with Crippen LogP contribution >= 0.6 is 11.8 Å². The van der Waals surface area contributed by atoms with Crippen molar-refractivity contribution < 1.29 is 19.1 Å². The molecular weight excluding hydrogens is 462 g/mol. The van der Waals surface area contributed by atoms with E-state index in [2.05, 4.69) is 23.7 Å². The van der Waals surface area contributed by atoms with Gasteiger partial charge in [0.2, 0.25) is 11.8 Å². The Bertz CT molecular complexity index is 1250. The molecule has 4 rings (SSSR count). The molecule has 7 nitrogen and oxygen atoms in total. The van der Waals surface area contributed by atoms with Crippen LogP contribution in [0.25, 0.3) is 10.9 Å². The minimum atomic E-state index is -0.834. The first kappa shape index (κ1) is 24.9. The van der Waals surface area contributed by atoms with Gasteiger partial charge in [-0.05, 0) is 49.6 Å². The molecule has 0 spiro atoms. The molecule has 1 aliphatic rings. The molecule has 1 N–H and O–H groups in total. The van der Waals surface area contributed by atoms with Crippen molar-refractivity contribution in [3.63, 3.8) is 0 Å². The Morgan fingerprint density at radius 1 is 1.14 bits per heavy atom. The summed E-state index contributed by atoms with van der Waals surface area (Å²) in [5, 5.41) is 4.93. The number of para-hydroxylation sites is 1. The third-order valence-corrected chi connectivity index (χ3v) is 7.31. The van der Waals surface area contributed by atoms with Crippen LogP contribution in [0.1, 0.15) is 49.2 Å². The number of ether oxygens (including phenoxy) is 1. The van der Waals surface area contributed by atoms with Crippen LogP contribution in [0.5, 0.6) is 0 Å². The molecule has 2 aromatic carbocycles. The number of fused-ring (bicyclic) bond motifs is 3. The number of aromatic nitrogens is 1. The highest BCUT2D eigenvalue weighted by atomic mass is 32.2. The van der Waals surface area contributed by atoms with Crippen LogP contribution in [0.4, 0.5) is 5.69 Å². The second-order valence-electron chi connectivity index (χ2n) is 8.99. The third-order valence-electron chi connectivity index (χ3n) is 6.15. The molecule has 8 heteroatoms. The number of benzene rings is 2. The molecule has 1 atom stereocenters. The first-order chi connectivity index (χ1) is 16.8. The van der Waals surface area contributed by atoms with Crippen molar-refractivity contribution >= 4 is 46.1 Å². The van der Waals surface area contributed by atoms with E-state index in [9.17, 15) is 14.4 Å². The maximum atomic E-state index is 13.7. The van der Waals surface area contributed by atoms with E-state index in [-0.39, 0.29) is 24.2 Å². The van der Waals surface area contributed by atoms with Gasteiger partial charge >= 0.3 is 5.97 Å². The van der Waals surface area contributed by atoms with E-state index >= 15 is 0 Å². The molecule has 0 fully saturated rings. The minimum Gasteiger partial charge on any atom is -0.462 e. The van der Waals surface area contributed by atoms with Gasteiger partial charge in [0.25, 0.3) is 0 Å². The summed E-state index contributed by atoms with van der Waals surface area (Å²) in [6.07, 6.45) is 0.845. The monoisotopic (exact) mass is 493 g/mol. The summed E-state index contributed by atoms with van der Waals surface area (Å²) in [5.41, 5.74) is 2.80. The standard InChI is InChI=1S/C27H31N3O4S/c1-5-34-27(33)18-10-12-19(13-11-18)30-22(31)16-35-26-23(20-8-6-7-9-21(20)29(26)4)24(30)25(32)28-15-14-17(2)3/h6-13,17,24H,5,14-16H2,1-4H3,(H,28,32)/t24-/m0/s1. The van der Waals surface area contributed by atoms with Crippen LogP contribution in [-0.4, -0.2) is 41.3 Å². The number of nitrogens with zero attached hydrogens (tertiary/aromatic N) is 2. The SMILES string of the molecule is CCOC(=O)c1ccc(N2C(=O)CSc3c(c4ccccc4n3C)[C@H]2C(=O)NCCC(C)C)cc1. The zero-order valence-corrected chi connectivity index (χ0v) is 21.4. The summed E-state index contributed by atoms with van der Waals surface area (Å²) in [7, 11) is 1.97. The van der Waals surface area contributed by atoms with E-state index in [1.165, 1.54) is 11.8 Å². The lowest BCUT2D eigenvalue weighted by atomic mass is 10.0. The quantitative estimate of drug-likeness (QED) is 0.483. The van der Waals surface area contributed by atoms with Crippen LogP contribution in [-0.2, 0) is 21.4 Å². The van der Waals surface area contributed by atoms with Crippen LogP contribution < -0.4 is 10.2 Å². The molecule has 0 saturated carbocycles. The van der Waals surface area contributed by atoms with Crippen molar-refractivity contribution in [2.45, 2.75) is 38.3 Å². The molecule has 2 amide bonds. The molecule has 1 aromatic heterocycles. The number of carbonyl (C=O) groups excluding carboxylic acids is 3. The first-order valence-corrected chi connectivity index (χ1v) is 12.9. The number of esters is 1. The molecule has 35 heavy (non-hydrogen) atoms.